The molecule has 3 aromatic rings. The maximum absolute atomic E-state index is 12.0. The molecule has 9 heteroatoms. The summed E-state index contributed by atoms with van der Waals surface area (Å²) in [5.74, 6) is -0.444. The normalized spacial score (nSPS) is 11.4. The molecule has 0 aliphatic rings. The Morgan fingerprint density at radius 1 is 1.14 bits per heavy atom. The van der Waals surface area contributed by atoms with Crippen molar-refractivity contribution in [3.63, 3.8) is 0 Å². The first-order valence-electron chi connectivity index (χ1n) is 8.49. The lowest BCUT2D eigenvalue weighted by molar-refractivity contribution is -0.159. The SMILES string of the molecule is CN(O)C(=O)CCc1cc(-c2ccccc2)n(-c2ccccc2S(N)(=O)=O)n1. The monoisotopic (exact) mass is 400 g/mol. The zero-order valence-electron chi connectivity index (χ0n) is 15.2. The molecule has 0 unspecified atom stereocenters. The van der Waals surface area contributed by atoms with Crippen molar-refractivity contribution < 1.29 is 18.4 Å². The minimum absolute atomic E-state index is 0.0481. The van der Waals surface area contributed by atoms with Gasteiger partial charge < -0.3 is 0 Å². The number of primary sulfonamides is 1. The van der Waals surface area contributed by atoms with E-state index in [4.69, 9.17) is 5.14 Å². The van der Waals surface area contributed by atoms with E-state index in [2.05, 4.69) is 5.10 Å². The van der Waals surface area contributed by atoms with Gasteiger partial charge in [-0.05, 0) is 18.2 Å². The number of hydrogen-bond donors (Lipinski definition) is 2. The molecule has 1 amide bonds. The Labute approximate surface area is 162 Å². The molecule has 146 valence electrons. The summed E-state index contributed by atoms with van der Waals surface area (Å²) in [6.45, 7) is 0. The molecule has 3 N–H and O–H groups in total. The van der Waals surface area contributed by atoms with Crippen LogP contribution in [0.4, 0.5) is 0 Å². The summed E-state index contributed by atoms with van der Waals surface area (Å²) in [6.07, 6.45) is 0.350. The smallest absolute Gasteiger partial charge is 0.246 e. The zero-order chi connectivity index (χ0) is 20.3. The molecule has 1 heterocycles. The van der Waals surface area contributed by atoms with E-state index in [-0.39, 0.29) is 17.7 Å². The van der Waals surface area contributed by atoms with Gasteiger partial charge in [0.05, 0.1) is 17.1 Å². The molecule has 3 rings (SSSR count). The molecule has 2 aromatic carbocycles. The van der Waals surface area contributed by atoms with Gasteiger partial charge in [-0.1, -0.05) is 42.5 Å². The van der Waals surface area contributed by atoms with Crippen LogP contribution in [0, 0.1) is 0 Å². The Kier molecular flexibility index (Phi) is 5.59. The average Bonchev–Trinajstić information content (AvgIpc) is 3.10. The number of hydroxylamine groups is 2. The average molecular weight is 400 g/mol. The number of benzene rings is 2. The lowest BCUT2D eigenvalue weighted by Crippen LogP contribution is -2.22. The molecule has 1 aromatic heterocycles. The highest BCUT2D eigenvalue weighted by Crippen LogP contribution is 2.27. The van der Waals surface area contributed by atoms with Crippen LogP contribution in [0.5, 0.6) is 0 Å². The number of sulfonamides is 1. The first kappa shape index (κ1) is 19.7. The van der Waals surface area contributed by atoms with Gasteiger partial charge in [0.2, 0.25) is 15.9 Å². The second-order valence-corrected chi connectivity index (χ2v) is 7.76. The summed E-state index contributed by atoms with van der Waals surface area (Å²) in [5.41, 5.74) is 2.39. The Balaban J connectivity index is 2.11. The van der Waals surface area contributed by atoms with Crippen molar-refractivity contribution >= 4 is 15.9 Å². The van der Waals surface area contributed by atoms with Crippen LogP contribution < -0.4 is 5.14 Å². The number of carbonyl (C=O) groups excluding carboxylic acids is 1. The number of rotatable bonds is 6. The van der Waals surface area contributed by atoms with Gasteiger partial charge in [0.1, 0.15) is 4.90 Å². The third-order valence-corrected chi connectivity index (χ3v) is 5.14. The van der Waals surface area contributed by atoms with E-state index in [9.17, 15) is 18.4 Å². The van der Waals surface area contributed by atoms with Gasteiger partial charge in [-0.3, -0.25) is 10.0 Å². The fourth-order valence-electron chi connectivity index (χ4n) is 2.82. The van der Waals surface area contributed by atoms with Crippen LogP contribution in [0.25, 0.3) is 16.9 Å². The maximum atomic E-state index is 12.0. The molecular weight excluding hydrogens is 380 g/mol. The quantitative estimate of drug-likeness (QED) is 0.484. The minimum atomic E-state index is -3.96. The van der Waals surface area contributed by atoms with E-state index in [1.165, 1.54) is 17.8 Å². The number of para-hydroxylation sites is 1. The number of aryl methyl sites for hydroxylation is 1. The second-order valence-electron chi connectivity index (χ2n) is 6.23. The first-order valence-corrected chi connectivity index (χ1v) is 10.0. The van der Waals surface area contributed by atoms with Crippen molar-refractivity contribution in [2.75, 3.05) is 7.05 Å². The molecule has 0 aliphatic heterocycles. The zero-order valence-corrected chi connectivity index (χ0v) is 16.0. The summed E-state index contributed by atoms with van der Waals surface area (Å²) < 4.78 is 25.6. The molecule has 0 spiro atoms. The standard InChI is InChI=1S/C19H20N4O4S/c1-22(25)19(24)12-11-15-13-17(14-7-3-2-4-8-14)23(21-15)16-9-5-6-10-18(16)28(20,26)27/h2-10,13,25H,11-12H2,1H3,(H2,20,26,27). The number of carbonyl (C=O) groups is 1. The van der Waals surface area contributed by atoms with Crippen molar-refractivity contribution in [2.45, 2.75) is 17.7 Å². The molecule has 0 bridgehead atoms. The van der Waals surface area contributed by atoms with Crippen LogP contribution in [0.3, 0.4) is 0 Å². The molecule has 0 saturated carbocycles. The summed E-state index contributed by atoms with van der Waals surface area (Å²) in [5, 5.41) is 19.6. The minimum Gasteiger partial charge on any atom is -0.286 e. The van der Waals surface area contributed by atoms with Crippen LogP contribution in [-0.4, -0.2) is 41.4 Å². The van der Waals surface area contributed by atoms with Crippen LogP contribution in [0.1, 0.15) is 12.1 Å². The van der Waals surface area contributed by atoms with Crippen molar-refractivity contribution in [1.82, 2.24) is 14.8 Å². The van der Waals surface area contributed by atoms with E-state index in [0.29, 0.717) is 22.1 Å². The van der Waals surface area contributed by atoms with Crippen LogP contribution in [-0.2, 0) is 21.2 Å². The Morgan fingerprint density at radius 2 is 1.79 bits per heavy atom. The van der Waals surface area contributed by atoms with Crippen molar-refractivity contribution in [3.8, 4) is 16.9 Å². The number of amides is 1. The lowest BCUT2D eigenvalue weighted by Gasteiger charge is -2.11. The molecule has 28 heavy (non-hydrogen) atoms. The highest BCUT2D eigenvalue weighted by Gasteiger charge is 2.20. The number of nitrogens with zero attached hydrogens (tertiary/aromatic N) is 3. The summed E-state index contributed by atoms with van der Waals surface area (Å²) in [4.78, 5) is 11.6. The van der Waals surface area contributed by atoms with Crippen molar-refractivity contribution in [2.24, 2.45) is 5.14 Å². The van der Waals surface area contributed by atoms with E-state index < -0.39 is 15.9 Å². The molecule has 0 fully saturated rings. The Morgan fingerprint density at radius 3 is 2.43 bits per heavy atom. The third kappa shape index (κ3) is 4.28. The number of aromatic nitrogens is 2. The lowest BCUT2D eigenvalue weighted by atomic mass is 10.1. The Hall–Kier alpha value is -3.01. The van der Waals surface area contributed by atoms with E-state index in [1.54, 1.807) is 24.3 Å². The molecule has 0 saturated heterocycles. The highest BCUT2D eigenvalue weighted by atomic mass is 32.2. The second kappa shape index (κ2) is 7.93. The third-order valence-electron chi connectivity index (χ3n) is 4.19. The van der Waals surface area contributed by atoms with Gasteiger partial charge in [-0.2, -0.15) is 5.10 Å². The maximum Gasteiger partial charge on any atom is 0.246 e. The molecular formula is C19H20N4O4S. The van der Waals surface area contributed by atoms with Gasteiger partial charge in [-0.15, -0.1) is 0 Å². The van der Waals surface area contributed by atoms with Gasteiger partial charge >= 0.3 is 0 Å². The van der Waals surface area contributed by atoms with E-state index >= 15 is 0 Å². The predicted molar refractivity (Wildman–Crippen MR) is 103 cm³/mol. The molecule has 0 radical (unpaired) electrons. The largest absolute Gasteiger partial charge is 0.286 e. The van der Waals surface area contributed by atoms with Gasteiger partial charge in [-0.25, -0.2) is 23.3 Å². The topological polar surface area (TPSA) is 119 Å². The van der Waals surface area contributed by atoms with Crippen LogP contribution in [0.2, 0.25) is 0 Å². The van der Waals surface area contributed by atoms with Gasteiger partial charge in [0.15, 0.2) is 0 Å². The van der Waals surface area contributed by atoms with Crippen molar-refractivity contribution in [3.05, 3.63) is 66.4 Å². The summed E-state index contributed by atoms with van der Waals surface area (Å²) >= 11 is 0. The van der Waals surface area contributed by atoms with Gasteiger partial charge in [0.25, 0.3) is 0 Å². The fraction of sp³-hybridized carbons (Fsp3) is 0.158. The number of hydrogen-bond acceptors (Lipinski definition) is 5. The Bertz CT molecular complexity index is 1090. The van der Waals surface area contributed by atoms with E-state index in [0.717, 1.165) is 5.56 Å². The first-order chi connectivity index (χ1) is 13.3. The summed E-state index contributed by atoms with van der Waals surface area (Å²) in [7, 11) is -2.70. The van der Waals surface area contributed by atoms with Gasteiger partial charge in [0, 0.05) is 25.5 Å². The summed E-state index contributed by atoms with van der Waals surface area (Å²) in [6, 6.07) is 17.5. The number of nitrogens with two attached hydrogens (primary N) is 1. The van der Waals surface area contributed by atoms with Crippen LogP contribution >= 0.6 is 0 Å². The molecule has 8 nitrogen and oxygen atoms in total. The molecule has 0 aliphatic carbocycles. The van der Waals surface area contributed by atoms with Crippen LogP contribution in [0.15, 0.2) is 65.6 Å². The van der Waals surface area contributed by atoms with Crippen molar-refractivity contribution in [1.29, 1.82) is 0 Å². The van der Waals surface area contributed by atoms with E-state index in [1.807, 2.05) is 30.3 Å². The predicted octanol–water partition coefficient (Wildman–Crippen LogP) is 1.97. The highest BCUT2D eigenvalue weighted by molar-refractivity contribution is 7.89. The fourth-order valence-corrected chi connectivity index (χ4v) is 3.53. The molecule has 0 atom stereocenters.